The van der Waals surface area contributed by atoms with Crippen LogP contribution in [0.15, 0.2) is 47.4 Å². The van der Waals surface area contributed by atoms with Gasteiger partial charge in [-0.3, -0.25) is 4.79 Å². The number of hydrogen-bond donors (Lipinski definition) is 1. The minimum Gasteiger partial charge on any atom is -0.452 e. The number of morpholine rings is 1. The van der Waals surface area contributed by atoms with Gasteiger partial charge in [-0.2, -0.15) is 4.31 Å². The highest BCUT2D eigenvalue weighted by atomic mass is 35.5. The molecule has 11 heteroatoms. The van der Waals surface area contributed by atoms with Crippen molar-refractivity contribution in [3.8, 4) is 0 Å². The zero-order valence-electron chi connectivity index (χ0n) is 15.6. The van der Waals surface area contributed by atoms with E-state index in [1.807, 2.05) is 0 Å². The first-order valence-electron chi connectivity index (χ1n) is 8.87. The van der Waals surface area contributed by atoms with E-state index >= 15 is 0 Å². The van der Waals surface area contributed by atoms with Crippen molar-refractivity contribution in [3.05, 3.63) is 58.9 Å². The third kappa shape index (κ3) is 5.33. The van der Waals surface area contributed by atoms with Crippen LogP contribution < -0.4 is 5.32 Å². The molecule has 0 aromatic heterocycles. The molecule has 1 aliphatic heterocycles. The fourth-order valence-corrected chi connectivity index (χ4v) is 4.31. The minimum atomic E-state index is -3.78. The number of anilines is 1. The molecule has 1 aliphatic rings. The van der Waals surface area contributed by atoms with Crippen LogP contribution in [-0.2, 0) is 24.3 Å². The summed E-state index contributed by atoms with van der Waals surface area (Å²) in [6, 6.07) is 8.77. The summed E-state index contributed by atoms with van der Waals surface area (Å²) in [5, 5.41) is 2.53. The molecule has 0 saturated carbocycles. The molecule has 0 unspecified atom stereocenters. The number of nitrogens with zero attached hydrogens (tertiary/aromatic N) is 1. The molecule has 0 bridgehead atoms. The number of nitrogens with one attached hydrogen (secondary N) is 1. The van der Waals surface area contributed by atoms with E-state index in [-0.39, 0.29) is 34.3 Å². The van der Waals surface area contributed by atoms with Crippen molar-refractivity contribution in [1.29, 1.82) is 0 Å². The molecular weight excluding hydrogens is 439 g/mol. The standard InChI is InChI=1S/C19H18ClFN2O6S/c20-16-5-4-15(30(26,27)23-6-8-28-9-7-23)11-17(16)22-18(24)12-29-19(25)13-2-1-3-14(21)10-13/h1-5,10-11H,6-9,12H2,(H,22,24). The number of ether oxygens (including phenoxy) is 2. The van der Waals surface area contributed by atoms with Crippen LogP contribution in [0.4, 0.5) is 10.1 Å². The summed E-state index contributed by atoms with van der Waals surface area (Å²) in [5.41, 5.74) is 0.0113. The Balaban J connectivity index is 1.66. The lowest BCUT2D eigenvalue weighted by Crippen LogP contribution is -2.40. The molecule has 8 nitrogen and oxygen atoms in total. The zero-order valence-corrected chi connectivity index (χ0v) is 17.2. The van der Waals surface area contributed by atoms with E-state index in [0.29, 0.717) is 13.2 Å². The van der Waals surface area contributed by atoms with Gasteiger partial charge in [-0.25, -0.2) is 17.6 Å². The summed E-state index contributed by atoms with van der Waals surface area (Å²) < 4.78 is 50.0. The molecule has 3 rings (SSSR count). The van der Waals surface area contributed by atoms with Crippen molar-refractivity contribution in [2.45, 2.75) is 4.90 Å². The summed E-state index contributed by atoms with van der Waals surface area (Å²) in [7, 11) is -3.78. The van der Waals surface area contributed by atoms with Gasteiger partial charge in [0.1, 0.15) is 5.82 Å². The molecular formula is C19H18ClFN2O6S. The number of benzene rings is 2. The van der Waals surface area contributed by atoms with E-state index in [1.165, 1.54) is 40.7 Å². The van der Waals surface area contributed by atoms with Gasteiger partial charge in [-0.05, 0) is 36.4 Å². The van der Waals surface area contributed by atoms with E-state index in [0.717, 1.165) is 6.07 Å². The van der Waals surface area contributed by atoms with Gasteiger partial charge in [0.2, 0.25) is 10.0 Å². The SMILES string of the molecule is O=C(COC(=O)c1cccc(F)c1)Nc1cc(S(=O)(=O)N2CCOCC2)ccc1Cl. The number of amides is 1. The number of sulfonamides is 1. The number of carbonyl (C=O) groups excluding carboxylic acids is 2. The summed E-state index contributed by atoms with van der Waals surface area (Å²) in [6.07, 6.45) is 0. The topological polar surface area (TPSA) is 102 Å². The van der Waals surface area contributed by atoms with E-state index in [9.17, 15) is 22.4 Å². The van der Waals surface area contributed by atoms with Crippen LogP contribution in [0.2, 0.25) is 5.02 Å². The summed E-state index contributed by atoms with van der Waals surface area (Å²) in [4.78, 5) is 24.0. The van der Waals surface area contributed by atoms with Gasteiger partial charge in [0.05, 0.1) is 34.4 Å². The second kappa shape index (κ2) is 9.52. The van der Waals surface area contributed by atoms with Crippen molar-refractivity contribution in [2.75, 3.05) is 38.2 Å². The lowest BCUT2D eigenvalue weighted by Gasteiger charge is -2.26. The number of carbonyl (C=O) groups is 2. The predicted molar refractivity (Wildman–Crippen MR) is 106 cm³/mol. The van der Waals surface area contributed by atoms with Crippen LogP contribution in [-0.4, -0.2) is 57.5 Å². The van der Waals surface area contributed by atoms with Crippen molar-refractivity contribution in [1.82, 2.24) is 4.31 Å². The summed E-state index contributed by atoms with van der Waals surface area (Å²) in [6.45, 7) is 0.387. The Bertz CT molecular complexity index is 1060. The molecule has 1 amide bonds. The van der Waals surface area contributed by atoms with Gasteiger partial charge < -0.3 is 14.8 Å². The van der Waals surface area contributed by atoms with Crippen LogP contribution in [0.25, 0.3) is 0 Å². The molecule has 2 aromatic rings. The Labute approximate surface area is 177 Å². The average molecular weight is 457 g/mol. The second-order valence-corrected chi connectivity index (χ2v) is 8.64. The maximum atomic E-state index is 13.2. The molecule has 0 radical (unpaired) electrons. The van der Waals surface area contributed by atoms with Crippen LogP contribution >= 0.6 is 11.6 Å². The highest BCUT2D eigenvalue weighted by molar-refractivity contribution is 7.89. The molecule has 1 N–H and O–H groups in total. The molecule has 2 aromatic carbocycles. The van der Waals surface area contributed by atoms with Crippen LogP contribution in [0, 0.1) is 5.82 Å². The molecule has 1 fully saturated rings. The lowest BCUT2D eigenvalue weighted by atomic mass is 10.2. The molecule has 1 heterocycles. The van der Waals surface area contributed by atoms with Crippen molar-refractivity contribution in [2.24, 2.45) is 0 Å². The first-order valence-corrected chi connectivity index (χ1v) is 10.7. The van der Waals surface area contributed by atoms with Crippen LogP contribution in [0.5, 0.6) is 0 Å². The maximum Gasteiger partial charge on any atom is 0.338 e. The second-order valence-electron chi connectivity index (χ2n) is 6.29. The number of halogens is 2. The van der Waals surface area contributed by atoms with E-state index in [4.69, 9.17) is 21.1 Å². The van der Waals surface area contributed by atoms with Gasteiger partial charge in [-0.1, -0.05) is 17.7 Å². The molecule has 0 spiro atoms. The monoisotopic (exact) mass is 456 g/mol. The Morgan fingerprint density at radius 1 is 1.17 bits per heavy atom. The Morgan fingerprint density at radius 2 is 1.90 bits per heavy atom. The van der Waals surface area contributed by atoms with Crippen molar-refractivity contribution >= 4 is 39.2 Å². The van der Waals surface area contributed by atoms with Crippen molar-refractivity contribution < 1.29 is 31.9 Å². The highest BCUT2D eigenvalue weighted by Gasteiger charge is 2.27. The third-order valence-corrected chi connectivity index (χ3v) is 6.44. The van der Waals surface area contributed by atoms with Gasteiger partial charge >= 0.3 is 5.97 Å². The normalized spacial score (nSPS) is 14.9. The number of rotatable bonds is 6. The van der Waals surface area contributed by atoms with Gasteiger partial charge in [0.25, 0.3) is 5.91 Å². The average Bonchev–Trinajstić information content (AvgIpc) is 2.74. The fraction of sp³-hybridized carbons (Fsp3) is 0.263. The van der Waals surface area contributed by atoms with E-state index < -0.39 is 34.3 Å². The first kappa shape index (κ1) is 22.2. The molecule has 1 saturated heterocycles. The Morgan fingerprint density at radius 3 is 2.60 bits per heavy atom. The summed E-state index contributed by atoms with van der Waals surface area (Å²) in [5.74, 6) is -2.22. The molecule has 30 heavy (non-hydrogen) atoms. The van der Waals surface area contributed by atoms with Gasteiger partial charge in [0, 0.05) is 13.1 Å². The largest absolute Gasteiger partial charge is 0.452 e. The molecule has 160 valence electrons. The number of hydrogen-bond acceptors (Lipinski definition) is 6. The van der Waals surface area contributed by atoms with Gasteiger partial charge in [0.15, 0.2) is 6.61 Å². The van der Waals surface area contributed by atoms with E-state index in [2.05, 4.69) is 5.32 Å². The molecule has 0 atom stereocenters. The first-order chi connectivity index (χ1) is 14.3. The third-order valence-electron chi connectivity index (χ3n) is 4.21. The Hall–Kier alpha value is -2.53. The number of esters is 1. The van der Waals surface area contributed by atoms with Crippen LogP contribution in [0.3, 0.4) is 0 Å². The van der Waals surface area contributed by atoms with Crippen LogP contribution in [0.1, 0.15) is 10.4 Å². The van der Waals surface area contributed by atoms with E-state index in [1.54, 1.807) is 0 Å². The molecule has 0 aliphatic carbocycles. The van der Waals surface area contributed by atoms with Gasteiger partial charge in [-0.15, -0.1) is 0 Å². The zero-order chi connectivity index (χ0) is 21.7. The summed E-state index contributed by atoms with van der Waals surface area (Å²) >= 11 is 6.06. The fourth-order valence-electron chi connectivity index (χ4n) is 2.71. The smallest absolute Gasteiger partial charge is 0.338 e. The lowest BCUT2D eigenvalue weighted by molar-refractivity contribution is -0.119. The predicted octanol–water partition coefficient (Wildman–Crippen LogP) is 2.30. The minimum absolute atomic E-state index is 0.0409. The maximum absolute atomic E-state index is 13.2. The Kier molecular flexibility index (Phi) is 7.03. The highest BCUT2D eigenvalue weighted by Crippen LogP contribution is 2.27. The van der Waals surface area contributed by atoms with Crippen molar-refractivity contribution in [3.63, 3.8) is 0 Å². The quantitative estimate of drug-likeness (QED) is 0.669.